The molecule has 0 spiro atoms. The summed E-state index contributed by atoms with van der Waals surface area (Å²) < 4.78 is 7.50. The van der Waals surface area contributed by atoms with Gasteiger partial charge in [-0.05, 0) is 47.9 Å². The molecule has 3 aromatic carbocycles. The lowest BCUT2D eigenvalue weighted by Gasteiger charge is -2.21. The molecule has 0 saturated heterocycles. The Morgan fingerprint density at radius 2 is 1.50 bits per heavy atom. The Morgan fingerprint density at radius 1 is 0.794 bits per heavy atom. The smallest absolute Gasteiger partial charge is 0.409 e. The van der Waals surface area contributed by atoms with Crippen molar-refractivity contribution < 1.29 is 18.9 Å². The van der Waals surface area contributed by atoms with E-state index in [1.807, 2.05) is 60.7 Å². The Balaban J connectivity index is 1.42. The summed E-state index contributed by atoms with van der Waals surface area (Å²) in [7, 11) is 0. The third-order valence-corrected chi connectivity index (χ3v) is 6.71. The zero-order valence-electron chi connectivity index (χ0n) is 19.2. The summed E-state index contributed by atoms with van der Waals surface area (Å²) in [6, 6.07) is 26.6. The number of benzene rings is 3. The molecule has 4 aromatic rings. The highest BCUT2D eigenvalue weighted by Crippen LogP contribution is 2.33. The molecule has 170 valence electrons. The monoisotopic (exact) mass is 450 g/mol. The van der Waals surface area contributed by atoms with Crippen LogP contribution in [0.15, 0.2) is 91.1 Å². The maximum atomic E-state index is 13.4. The molecule has 5 rings (SSSR count). The van der Waals surface area contributed by atoms with Gasteiger partial charge in [0.2, 0.25) is 12.3 Å². The SMILES string of the molecule is O=C(C[n+]1ccc2ccccc2c1C(=O)Oc1ccc(C2CCCCC2)cc1)c1ccccc1. The number of carbonyl (C=O) groups is 2. The van der Waals surface area contributed by atoms with E-state index in [1.54, 1.807) is 22.9 Å². The quantitative estimate of drug-likeness (QED) is 0.150. The largest absolute Gasteiger partial charge is 0.419 e. The van der Waals surface area contributed by atoms with Crippen molar-refractivity contribution in [2.24, 2.45) is 0 Å². The molecular formula is C30H28NO3+. The van der Waals surface area contributed by atoms with Gasteiger partial charge in [-0.2, -0.15) is 4.57 Å². The standard InChI is InChI=1S/C30H28NO3/c32-28(25-12-5-2-6-13-25)21-31-20-19-24-11-7-8-14-27(24)29(31)30(33)34-26-17-15-23(16-18-26)22-9-3-1-4-10-22/h2,5-8,11-20,22H,1,3-4,9-10,21H2/q+1. The molecule has 0 N–H and O–H groups in total. The van der Waals surface area contributed by atoms with Gasteiger partial charge in [0, 0.05) is 11.6 Å². The van der Waals surface area contributed by atoms with Crippen LogP contribution < -0.4 is 9.30 Å². The number of nitrogens with zero attached hydrogens (tertiary/aromatic N) is 1. The molecule has 4 nitrogen and oxygen atoms in total. The number of carbonyl (C=O) groups excluding carboxylic acids is 2. The summed E-state index contributed by atoms with van der Waals surface area (Å²) >= 11 is 0. The number of hydrogen-bond acceptors (Lipinski definition) is 3. The van der Waals surface area contributed by atoms with Gasteiger partial charge in [-0.1, -0.05) is 79.9 Å². The van der Waals surface area contributed by atoms with Crippen molar-refractivity contribution in [3.8, 4) is 5.75 Å². The number of fused-ring (bicyclic) bond motifs is 1. The van der Waals surface area contributed by atoms with Crippen LogP contribution in [0.2, 0.25) is 0 Å². The normalized spacial score (nSPS) is 14.1. The van der Waals surface area contributed by atoms with E-state index >= 15 is 0 Å². The van der Waals surface area contributed by atoms with Crippen molar-refractivity contribution >= 4 is 22.5 Å². The van der Waals surface area contributed by atoms with E-state index in [9.17, 15) is 9.59 Å². The van der Waals surface area contributed by atoms with Crippen LogP contribution in [0, 0.1) is 0 Å². The number of pyridine rings is 1. The van der Waals surface area contributed by atoms with Crippen LogP contribution in [0.5, 0.6) is 5.75 Å². The average molecular weight is 451 g/mol. The number of aromatic nitrogens is 1. The summed E-state index contributed by atoms with van der Waals surface area (Å²) in [4.78, 5) is 26.3. The Bertz CT molecular complexity index is 1310. The summed E-state index contributed by atoms with van der Waals surface area (Å²) in [5.41, 5.74) is 2.30. The lowest BCUT2D eigenvalue weighted by Crippen LogP contribution is -2.44. The van der Waals surface area contributed by atoms with Crippen molar-refractivity contribution in [3.63, 3.8) is 0 Å². The predicted octanol–water partition coefficient (Wildman–Crippen LogP) is 6.28. The molecule has 0 atom stereocenters. The fourth-order valence-corrected chi connectivity index (χ4v) is 4.89. The third-order valence-electron chi connectivity index (χ3n) is 6.71. The maximum absolute atomic E-state index is 13.4. The van der Waals surface area contributed by atoms with E-state index in [2.05, 4.69) is 12.1 Å². The number of ketones is 1. The number of esters is 1. The maximum Gasteiger partial charge on any atom is 0.409 e. The van der Waals surface area contributed by atoms with E-state index in [1.165, 1.54) is 37.7 Å². The highest BCUT2D eigenvalue weighted by molar-refractivity contribution is 6.02. The molecule has 1 aliphatic rings. The second kappa shape index (κ2) is 10.0. The van der Waals surface area contributed by atoms with Crippen molar-refractivity contribution in [1.82, 2.24) is 0 Å². The molecule has 0 aliphatic heterocycles. The molecule has 1 aromatic heterocycles. The van der Waals surface area contributed by atoms with Gasteiger partial charge in [0.25, 0.3) is 5.69 Å². The first-order valence-electron chi connectivity index (χ1n) is 12.0. The lowest BCUT2D eigenvalue weighted by molar-refractivity contribution is -0.684. The number of hydrogen-bond donors (Lipinski definition) is 0. The molecule has 1 saturated carbocycles. The highest BCUT2D eigenvalue weighted by Gasteiger charge is 2.27. The fourth-order valence-electron chi connectivity index (χ4n) is 4.89. The highest BCUT2D eigenvalue weighted by atomic mass is 16.5. The molecule has 0 radical (unpaired) electrons. The van der Waals surface area contributed by atoms with Crippen molar-refractivity contribution in [2.45, 2.75) is 44.6 Å². The minimum Gasteiger partial charge on any atom is -0.419 e. The van der Waals surface area contributed by atoms with Gasteiger partial charge < -0.3 is 4.74 Å². The van der Waals surface area contributed by atoms with E-state index in [0.717, 1.165) is 10.8 Å². The Kier molecular flexibility index (Phi) is 6.48. The zero-order chi connectivity index (χ0) is 23.3. The molecule has 1 heterocycles. The molecule has 1 fully saturated rings. The minimum absolute atomic E-state index is 0.0555. The second-order valence-corrected chi connectivity index (χ2v) is 8.96. The van der Waals surface area contributed by atoms with Crippen LogP contribution in [0.25, 0.3) is 10.8 Å². The summed E-state index contributed by atoms with van der Waals surface area (Å²) in [6.45, 7) is 0.0555. The minimum atomic E-state index is -0.469. The first kappa shape index (κ1) is 22.0. The van der Waals surface area contributed by atoms with E-state index in [0.29, 0.717) is 22.9 Å². The Morgan fingerprint density at radius 3 is 2.26 bits per heavy atom. The van der Waals surface area contributed by atoms with Gasteiger partial charge in [0.15, 0.2) is 6.20 Å². The third kappa shape index (κ3) is 4.76. The van der Waals surface area contributed by atoms with Crippen LogP contribution in [0.4, 0.5) is 0 Å². The fraction of sp³-hybridized carbons (Fsp3) is 0.233. The number of Topliss-reactive ketones (excluding diaryl/α,β-unsaturated/α-hetero) is 1. The van der Waals surface area contributed by atoms with Crippen molar-refractivity contribution in [2.75, 3.05) is 0 Å². The average Bonchev–Trinajstić information content (AvgIpc) is 2.90. The predicted molar refractivity (Wildman–Crippen MR) is 132 cm³/mol. The number of ether oxygens (including phenoxy) is 1. The molecule has 1 aliphatic carbocycles. The summed E-state index contributed by atoms with van der Waals surface area (Å²) in [6.07, 6.45) is 8.12. The topological polar surface area (TPSA) is 47.2 Å². The molecular weight excluding hydrogens is 422 g/mol. The molecule has 0 unspecified atom stereocenters. The Labute approximate surface area is 199 Å². The number of rotatable bonds is 6. The summed E-state index contributed by atoms with van der Waals surface area (Å²) in [5.74, 6) is 0.580. The van der Waals surface area contributed by atoms with Crippen LogP contribution in [-0.4, -0.2) is 11.8 Å². The zero-order valence-corrected chi connectivity index (χ0v) is 19.2. The van der Waals surface area contributed by atoms with Gasteiger partial charge in [-0.15, -0.1) is 0 Å². The van der Waals surface area contributed by atoms with Crippen molar-refractivity contribution in [3.05, 3.63) is 108 Å². The first-order chi connectivity index (χ1) is 16.7. The van der Waals surface area contributed by atoms with E-state index in [4.69, 9.17) is 4.74 Å². The summed E-state index contributed by atoms with van der Waals surface area (Å²) in [5, 5.41) is 1.68. The molecule has 0 amide bonds. The van der Waals surface area contributed by atoms with Crippen LogP contribution in [0.1, 0.15) is 64.4 Å². The molecule has 4 heteroatoms. The van der Waals surface area contributed by atoms with E-state index in [-0.39, 0.29) is 12.3 Å². The van der Waals surface area contributed by atoms with Crippen molar-refractivity contribution in [1.29, 1.82) is 0 Å². The van der Waals surface area contributed by atoms with Gasteiger partial charge in [-0.3, -0.25) is 4.79 Å². The first-order valence-corrected chi connectivity index (χ1v) is 12.0. The lowest BCUT2D eigenvalue weighted by atomic mass is 9.84. The van der Waals surface area contributed by atoms with Crippen LogP contribution >= 0.6 is 0 Å². The van der Waals surface area contributed by atoms with Gasteiger partial charge in [-0.25, -0.2) is 4.79 Å². The molecule has 0 bridgehead atoms. The van der Waals surface area contributed by atoms with Gasteiger partial charge in [0.05, 0.1) is 5.39 Å². The Hall–Kier alpha value is -3.79. The second-order valence-electron chi connectivity index (χ2n) is 8.96. The molecule has 34 heavy (non-hydrogen) atoms. The van der Waals surface area contributed by atoms with Gasteiger partial charge in [0.1, 0.15) is 5.75 Å². The van der Waals surface area contributed by atoms with Gasteiger partial charge >= 0.3 is 5.97 Å². The van der Waals surface area contributed by atoms with Crippen LogP contribution in [0.3, 0.4) is 0 Å². The van der Waals surface area contributed by atoms with Crippen LogP contribution in [-0.2, 0) is 6.54 Å². The van der Waals surface area contributed by atoms with E-state index < -0.39 is 5.97 Å².